The van der Waals surface area contributed by atoms with Crippen molar-refractivity contribution >= 4 is 5.82 Å². The molecular formula is C13H17N5O. The van der Waals surface area contributed by atoms with Crippen LogP contribution >= 0.6 is 0 Å². The van der Waals surface area contributed by atoms with Crippen LogP contribution in [-0.4, -0.2) is 19.5 Å². The van der Waals surface area contributed by atoms with Crippen LogP contribution in [0.25, 0.3) is 0 Å². The minimum absolute atomic E-state index is 0.106. The second kappa shape index (κ2) is 6.08. The van der Waals surface area contributed by atoms with Gasteiger partial charge in [-0.3, -0.25) is 4.79 Å². The summed E-state index contributed by atoms with van der Waals surface area (Å²) in [6.07, 6.45) is 6.48. The molecule has 2 heterocycles. The van der Waals surface area contributed by atoms with Crippen LogP contribution in [0, 0.1) is 5.92 Å². The molecule has 0 amide bonds. The summed E-state index contributed by atoms with van der Waals surface area (Å²) in [4.78, 5) is 24.1. The van der Waals surface area contributed by atoms with Crippen molar-refractivity contribution in [3.05, 3.63) is 47.0 Å². The maximum Gasteiger partial charge on any atom is 0.293 e. The molecule has 2 rings (SSSR count). The van der Waals surface area contributed by atoms with Crippen molar-refractivity contribution in [3.8, 4) is 0 Å². The van der Waals surface area contributed by atoms with Gasteiger partial charge in [0.25, 0.3) is 5.56 Å². The van der Waals surface area contributed by atoms with Crippen LogP contribution in [0.4, 0.5) is 5.82 Å². The van der Waals surface area contributed by atoms with Gasteiger partial charge < -0.3 is 9.88 Å². The standard InChI is InChI=1S/C13H17N5O/c1-10(2)8-18-6-5-15-12(13(18)19)16-7-11-3-4-14-9-17-11/h3-6,9-10H,7-8H2,1-2H3,(H,15,16). The predicted octanol–water partition coefficient (Wildman–Crippen LogP) is 1.30. The zero-order valence-electron chi connectivity index (χ0n) is 11.1. The SMILES string of the molecule is CC(C)Cn1ccnc(NCc2ccncn2)c1=O. The Kier molecular flexibility index (Phi) is 4.22. The van der Waals surface area contributed by atoms with Gasteiger partial charge in [0.05, 0.1) is 12.2 Å². The number of aromatic nitrogens is 4. The Morgan fingerprint density at radius 3 is 2.84 bits per heavy atom. The van der Waals surface area contributed by atoms with Crippen LogP contribution in [0.3, 0.4) is 0 Å². The van der Waals surface area contributed by atoms with Crippen molar-refractivity contribution < 1.29 is 0 Å². The Balaban J connectivity index is 2.11. The summed E-state index contributed by atoms with van der Waals surface area (Å²) in [6.45, 7) is 5.28. The number of hydrogen-bond acceptors (Lipinski definition) is 5. The highest BCUT2D eigenvalue weighted by Gasteiger charge is 2.06. The van der Waals surface area contributed by atoms with Gasteiger partial charge in [0, 0.05) is 25.1 Å². The van der Waals surface area contributed by atoms with E-state index in [1.165, 1.54) is 6.33 Å². The average molecular weight is 259 g/mol. The van der Waals surface area contributed by atoms with Crippen LogP contribution in [0.2, 0.25) is 0 Å². The lowest BCUT2D eigenvalue weighted by molar-refractivity contribution is 0.509. The van der Waals surface area contributed by atoms with Crippen molar-refractivity contribution in [3.63, 3.8) is 0 Å². The first-order valence-corrected chi connectivity index (χ1v) is 6.21. The van der Waals surface area contributed by atoms with Crippen LogP contribution in [0.15, 0.2) is 35.8 Å². The molecule has 0 aliphatic carbocycles. The highest BCUT2D eigenvalue weighted by molar-refractivity contribution is 5.31. The van der Waals surface area contributed by atoms with Crippen LogP contribution in [0.1, 0.15) is 19.5 Å². The molecule has 0 spiro atoms. The van der Waals surface area contributed by atoms with E-state index in [1.54, 1.807) is 29.2 Å². The van der Waals surface area contributed by atoms with Gasteiger partial charge in [0.15, 0.2) is 5.82 Å². The molecular weight excluding hydrogens is 242 g/mol. The lowest BCUT2D eigenvalue weighted by Gasteiger charge is -2.10. The van der Waals surface area contributed by atoms with Gasteiger partial charge in [-0.1, -0.05) is 13.8 Å². The first kappa shape index (κ1) is 13.2. The summed E-state index contributed by atoms with van der Waals surface area (Å²) >= 11 is 0. The monoisotopic (exact) mass is 259 g/mol. The molecule has 0 saturated heterocycles. The van der Waals surface area contributed by atoms with E-state index in [1.807, 2.05) is 0 Å². The zero-order chi connectivity index (χ0) is 13.7. The van der Waals surface area contributed by atoms with E-state index < -0.39 is 0 Å². The van der Waals surface area contributed by atoms with Gasteiger partial charge in [-0.25, -0.2) is 15.0 Å². The van der Waals surface area contributed by atoms with Gasteiger partial charge >= 0.3 is 0 Å². The third kappa shape index (κ3) is 3.61. The highest BCUT2D eigenvalue weighted by Crippen LogP contribution is 2.00. The molecule has 0 bridgehead atoms. The fourth-order valence-corrected chi connectivity index (χ4v) is 1.70. The molecule has 0 fully saturated rings. The maximum atomic E-state index is 12.1. The smallest absolute Gasteiger partial charge is 0.293 e. The van der Waals surface area contributed by atoms with E-state index in [9.17, 15) is 4.79 Å². The maximum absolute atomic E-state index is 12.1. The van der Waals surface area contributed by atoms with Gasteiger partial charge in [0.2, 0.25) is 0 Å². The van der Waals surface area contributed by atoms with E-state index in [-0.39, 0.29) is 5.56 Å². The molecule has 0 radical (unpaired) electrons. The third-order valence-corrected chi connectivity index (χ3v) is 2.56. The molecule has 0 aromatic carbocycles. The first-order chi connectivity index (χ1) is 9.16. The van der Waals surface area contributed by atoms with E-state index in [4.69, 9.17) is 0 Å². The fourth-order valence-electron chi connectivity index (χ4n) is 1.70. The van der Waals surface area contributed by atoms with Crippen LogP contribution in [-0.2, 0) is 13.1 Å². The van der Waals surface area contributed by atoms with Crippen molar-refractivity contribution in [1.82, 2.24) is 19.5 Å². The molecule has 0 aliphatic heterocycles. The van der Waals surface area contributed by atoms with Gasteiger partial charge in [0.1, 0.15) is 6.33 Å². The Hall–Kier alpha value is -2.24. The molecule has 2 aromatic rings. The first-order valence-electron chi connectivity index (χ1n) is 6.21. The summed E-state index contributed by atoms with van der Waals surface area (Å²) < 4.78 is 1.67. The molecule has 1 N–H and O–H groups in total. The molecule has 0 atom stereocenters. The molecule has 6 heteroatoms. The topological polar surface area (TPSA) is 72.7 Å². The number of nitrogens with one attached hydrogen (secondary N) is 1. The van der Waals surface area contributed by atoms with Gasteiger partial charge in [-0.05, 0) is 12.0 Å². The Labute approximate surface area is 111 Å². The quantitative estimate of drug-likeness (QED) is 0.876. The second-order valence-corrected chi connectivity index (χ2v) is 4.68. The molecule has 6 nitrogen and oxygen atoms in total. The van der Waals surface area contributed by atoms with Crippen molar-refractivity contribution in [2.45, 2.75) is 26.9 Å². The normalized spacial score (nSPS) is 10.7. The van der Waals surface area contributed by atoms with Crippen molar-refractivity contribution in [2.75, 3.05) is 5.32 Å². The minimum atomic E-state index is -0.106. The third-order valence-electron chi connectivity index (χ3n) is 2.56. The fraction of sp³-hybridized carbons (Fsp3) is 0.385. The van der Waals surface area contributed by atoms with Crippen molar-refractivity contribution in [1.29, 1.82) is 0 Å². The number of anilines is 1. The molecule has 19 heavy (non-hydrogen) atoms. The summed E-state index contributed by atoms with van der Waals surface area (Å²) in [5, 5.41) is 3.01. The Morgan fingerprint density at radius 2 is 2.16 bits per heavy atom. The van der Waals surface area contributed by atoms with E-state index >= 15 is 0 Å². The summed E-state index contributed by atoms with van der Waals surface area (Å²) in [7, 11) is 0. The lowest BCUT2D eigenvalue weighted by Crippen LogP contribution is -2.26. The Bertz CT molecular complexity index is 579. The van der Waals surface area contributed by atoms with Crippen LogP contribution in [0.5, 0.6) is 0 Å². The number of nitrogens with zero attached hydrogens (tertiary/aromatic N) is 4. The largest absolute Gasteiger partial charge is 0.360 e. The molecule has 0 unspecified atom stereocenters. The zero-order valence-corrected chi connectivity index (χ0v) is 11.1. The molecule has 100 valence electrons. The van der Waals surface area contributed by atoms with E-state index in [0.29, 0.717) is 24.8 Å². The van der Waals surface area contributed by atoms with Crippen molar-refractivity contribution in [2.24, 2.45) is 5.92 Å². The minimum Gasteiger partial charge on any atom is -0.360 e. The second-order valence-electron chi connectivity index (χ2n) is 4.68. The Morgan fingerprint density at radius 1 is 1.32 bits per heavy atom. The molecule has 0 aliphatic rings. The van der Waals surface area contributed by atoms with E-state index in [0.717, 1.165) is 5.69 Å². The summed E-state index contributed by atoms with van der Waals surface area (Å²) in [5.41, 5.74) is 0.709. The summed E-state index contributed by atoms with van der Waals surface area (Å²) in [5.74, 6) is 0.761. The van der Waals surface area contributed by atoms with Gasteiger partial charge in [-0.15, -0.1) is 0 Å². The molecule has 2 aromatic heterocycles. The summed E-state index contributed by atoms with van der Waals surface area (Å²) in [6, 6.07) is 1.79. The van der Waals surface area contributed by atoms with E-state index in [2.05, 4.69) is 34.1 Å². The number of rotatable bonds is 5. The van der Waals surface area contributed by atoms with Crippen LogP contribution < -0.4 is 10.9 Å². The molecule has 0 saturated carbocycles. The lowest BCUT2D eigenvalue weighted by atomic mass is 10.2. The number of hydrogen-bond donors (Lipinski definition) is 1. The highest BCUT2D eigenvalue weighted by atomic mass is 16.1. The van der Waals surface area contributed by atoms with Gasteiger partial charge in [-0.2, -0.15) is 0 Å². The average Bonchev–Trinajstić information content (AvgIpc) is 2.40. The predicted molar refractivity (Wildman–Crippen MR) is 72.7 cm³/mol.